The molecule has 0 bridgehead atoms. The topological polar surface area (TPSA) is 63.7 Å². The SMILES string of the molecule is COc1ccc(C2CC(=O)C=CN2S(=O)(=O)c2ccc(C)cc2)cc1. The molecule has 1 atom stereocenters. The van der Waals surface area contributed by atoms with E-state index in [9.17, 15) is 13.2 Å². The number of ketones is 1. The highest BCUT2D eigenvalue weighted by Crippen LogP contribution is 2.34. The summed E-state index contributed by atoms with van der Waals surface area (Å²) in [5.41, 5.74) is 1.73. The Morgan fingerprint density at radius 1 is 1.04 bits per heavy atom. The second kappa shape index (κ2) is 6.72. The van der Waals surface area contributed by atoms with Gasteiger partial charge in [-0.25, -0.2) is 8.42 Å². The summed E-state index contributed by atoms with van der Waals surface area (Å²) in [6, 6.07) is 13.2. The van der Waals surface area contributed by atoms with E-state index in [1.165, 1.54) is 16.6 Å². The van der Waals surface area contributed by atoms with E-state index < -0.39 is 16.1 Å². The highest BCUT2D eigenvalue weighted by molar-refractivity contribution is 7.89. The van der Waals surface area contributed by atoms with Gasteiger partial charge in [-0.3, -0.25) is 9.10 Å². The molecule has 0 fully saturated rings. The van der Waals surface area contributed by atoms with Crippen molar-refractivity contribution in [2.45, 2.75) is 24.3 Å². The molecular formula is C19H19NO4S. The van der Waals surface area contributed by atoms with Crippen LogP contribution in [0.4, 0.5) is 0 Å². The Labute approximate surface area is 147 Å². The Kier molecular flexibility index (Phi) is 4.63. The van der Waals surface area contributed by atoms with Crippen molar-refractivity contribution in [1.82, 2.24) is 4.31 Å². The Bertz CT molecular complexity index is 899. The Balaban J connectivity index is 2.02. The maximum atomic E-state index is 13.1. The van der Waals surface area contributed by atoms with Crippen LogP contribution in [-0.4, -0.2) is 25.6 Å². The third-order valence-corrected chi connectivity index (χ3v) is 6.01. The summed E-state index contributed by atoms with van der Waals surface area (Å²) in [6.07, 6.45) is 2.77. The van der Waals surface area contributed by atoms with Gasteiger partial charge in [0.1, 0.15) is 5.75 Å². The molecule has 3 rings (SSSR count). The minimum Gasteiger partial charge on any atom is -0.497 e. The van der Waals surface area contributed by atoms with E-state index in [0.29, 0.717) is 5.75 Å². The molecule has 0 amide bonds. The van der Waals surface area contributed by atoms with Gasteiger partial charge in [0.25, 0.3) is 10.0 Å². The van der Waals surface area contributed by atoms with Crippen LogP contribution in [0.2, 0.25) is 0 Å². The fraction of sp³-hybridized carbons (Fsp3) is 0.211. The molecule has 2 aromatic rings. The van der Waals surface area contributed by atoms with E-state index in [4.69, 9.17) is 4.74 Å². The number of carbonyl (C=O) groups is 1. The summed E-state index contributed by atoms with van der Waals surface area (Å²) in [5, 5.41) is 0. The first kappa shape index (κ1) is 17.2. The fourth-order valence-electron chi connectivity index (χ4n) is 2.78. The van der Waals surface area contributed by atoms with E-state index in [2.05, 4.69) is 0 Å². The summed E-state index contributed by atoms with van der Waals surface area (Å²) >= 11 is 0. The normalized spacial score (nSPS) is 17.6. The van der Waals surface area contributed by atoms with Gasteiger partial charge in [-0.05, 0) is 42.8 Å². The lowest BCUT2D eigenvalue weighted by Gasteiger charge is -2.32. The Hall–Kier alpha value is -2.60. The van der Waals surface area contributed by atoms with E-state index in [0.717, 1.165) is 11.1 Å². The molecule has 0 saturated heterocycles. The molecular weight excluding hydrogens is 338 g/mol. The zero-order valence-corrected chi connectivity index (χ0v) is 14.9. The molecule has 1 heterocycles. The largest absolute Gasteiger partial charge is 0.497 e. The quantitative estimate of drug-likeness (QED) is 0.843. The number of allylic oxidation sites excluding steroid dienone is 1. The van der Waals surface area contributed by atoms with Crippen LogP contribution in [0.15, 0.2) is 65.7 Å². The summed E-state index contributed by atoms with van der Waals surface area (Å²) in [6.45, 7) is 1.90. The average molecular weight is 357 g/mol. The molecule has 1 aliphatic rings. The van der Waals surface area contributed by atoms with Crippen LogP contribution in [0.25, 0.3) is 0 Å². The number of ether oxygens (including phenoxy) is 1. The monoisotopic (exact) mass is 357 g/mol. The molecule has 0 aromatic heterocycles. The number of carbonyl (C=O) groups excluding carboxylic acids is 1. The van der Waals surface area contributed by atoms with Crippen LogP contribution in [0, 0.1) is 6.92 Å². The number of nitrogens with zero attached hydrogens (tertiary/aromatic N) is 1. The number of rotatable bonds is 4. The Morgan fingerprint density at radius 2 is 1.68 bits per heavy atom. The van der Waals surface area contributed by atoms with Crippen LogP contribution in [-0.2, 0) is 14.8 Å². The van der Waals surface area contributed by atoms with Crippen LogP contribution in [0.1, 0.15) is 23.6 Å². The van der Waals surface area contributed by atoms with Crippen molar-refractivity contribution in [1.29, 1.82) is 0 Å². The Morgan fingerprint density at radius 3 is 2.28 bits per heavy atom. The van der Waals surface area contributed by atoms with Crippen molar-refractivity contribution in [2.24, 2.45) is 0 Å². The molecule has 1 unspecified atom stereocenters. The molecule has 0 spiro atoms. The van der Waals surface area contributed by atoms with E-state index >= 15 is 0 Å². The van der Waals surface area contributed by atoms with E-state index in [1.54, 1.807) is 55.6 Å². The van der Waals surface area contributed by atoms with Crippen molar-refractivity contribution in [3.8, 4) is 5.75 Å². The predicted octanol–water partition coefficient (Wildman–Crippen LogP) is 3.22. The molecule has 0 N–H and O–H groups in total. The van der Waals surface area contributed by atoms with Gasteiger partial charge in [0, 0.05) is 12.6 Å². The first-order valence-corrected chi connectivity index (χ1v) is 9.31. The molecule has 25 heavy (non-hydrogen) atoms. The van der Waals surface area contributed by atoms with Gasteiger partial charge in [-0.1, -0.05) is 29.8 Å². The molecule has 6 heteroatoms. The highest BCUT2D eigenvalue weighted by atomic mass is 32.2. The molecule has 0 aliphatic carbocycles. The van der Waals surface area contributed by atoms with Crippen LogP contribution < -0.4 is 4.74 Å². The lowest BCUT2D eigenvalue weighted by atomic mass is 9.99. The standard InChI is InChI=1S/C19H19NO4S/c1-14-3-9-18(10-4-14)25(22,23)20-12-11-16(21)13-19(20)15-5-7-17(24-2)8-6-15/h3-12,19H,13H2,1-2H3. The van der Waals surface area contributed by atoms with Gasteiger partial charge in [0.15, 0.2) is 5.78 Å². The molecule has 0 radical (unpaired) electrons. The summed E-state index contributed by atoms with van der Waals surface area (Å²) < 4.78 is 32.5. The van der Waals surface area contributed by atoms with Crippen LogP contribution in [0.5, 0.6) is 5.75 Å². The van der Waals surface area contributed by atoms with Crippen molar-refractivity contribution < 1.29 is 17.9 Å². The third kappa shape index (κ3) is 3.44. The van der Waals surface area contributed by atoms with E-state index in [-0.39, 0.29) is 17.1 Å². The van der Waals surface area contributed by atoms with Gasteiger partial charge < -0.3 is 4.74 Å². The minimum absolute atomic E-state index is 0.101. The highest BCUT2D eigenvalue weighted by Gasteiger charge is 2.33. The third-order valence-electron chi connectivity index (χ3n) is 4.21. The number of benzene rings is 2. The average Bonchev–Trinajstić information content (AvgIpc) is 2.62. The number of hydrogen-bond acceptors (Lipinski definition) is 4. The lowest BCUT2D eigenvalue weighted by molar-refractivity contribution is -0.115. The number of aryl methyl sites for hydroxylation is 1. The minimum atomic E-state index is -3.75. The number of sulfonamides is 1. The summed E-state index contributed by atoms with van der Waals surface area (Å²) in [7, 11) is -2.19. The summed E-state index contributed by atoms with van der Waals surface area (Å²) in [4.78, 5) is 12.1. The van der Waals surface area contributed by atoms with Crippen molar-refractivity contribution in [3.63, 3.8) is 0 Å². The fourth-order valence-corrected chi connectivity index (χ4v) is 4.26. The van der Waals surface area contributed by atoms with Crippen molar-refractivity contribution >= 4 is 15.8 Å². The zero-order valence-electron chi connectivity index (χ0n) is 14.0. The maximum absolute atomic E-state index is 13.1. The first-order chi connectivity index (χ1) is 11.9. The maximum Gasteiger partial charge on any atom is 0.264 e. The second-order valence-electron chi connectivity index (χ2n) is 5.92. The number of methoxy groups -OCH3 is 1. The van der Waals surface area contributed by atoms with Gasteiger partial charge in [0.2, 0.25) is 0 Å². The van der Waals surface area contributed by atoms with Gasteiger partial charge in [-0.2, -0.15) is 0 Å². The zero-order chi connectivity index (χ0) is 18.0. The van der Waals surface area contributed by atoms with Crippen LogP contribution in [0.3, 0.4) is 0 Å². The van der Waals surface area contributed by atoms with Crippen molar-refractivity contribution in [2.75, 3.05) is 7.11 Å². The predicted molar refractivity (Wildman–Crippen MR) is 94.7 cm³/mol. The van der Waals surface area contributed by atoms with Crippen molar-refractivity contribution in [3.05, 3.63) is 71.9 Å². The second-order valence-corrected chi connectivity index (χ2v) is 7.77. The number of hydrogen-bond donors (Lipinski definition) is 0. The smallest absolute Gasteiger partial charge is 0.264 e. The molecule has 5 nitrogen and oxygen atoms in total. The van der Waals surface area contributed by atoms with Gasteiger partial charge >= 0.3 is 0 Å². The molecule has 130 valence electrons. The summed E-state index contributed by atoms with van der Waals surface area (Å²) in [5.74, 6) is 0.575. The van der Waals surface area contributed by atoms with Crippen LogP contribution >= 0.6 is 0 Å². The van der Waals surface area contributed by atoms with Gasteiger partial charge in [-0.15, -0.1) is 0 Å². The van der Waals surface area contributed by atoms with E-state index in [1.807, 2.05) is 6.92 Å². The molecule has 2 aromatic carbocycles. The first-order valence-electron chi connectivity index (χ1n) is 7.87. The lowest BCUT2D eigenvalue weighted by Crippen LogP contribution is -2.34. The van der Waals surface area contributed by atoms with Gasteiger partial charge in [0.05, 0.1) is 18.0 Å². The molecule has 0 saturated carbocycles. The molecule has 1 aliphatic heterocycles.